The molecule has 0 saturated carbocycles. The van der Waals surface area contributed by atoms with E-state index in [1.807, 2.05) is 0 Å². The number of rotatable bonds is 8. The van der Waals surface area contributed by atoms with Gasteiger partial charge in [-0.2, -0.15) is 0 Å². The minimum Gasteiger partial charge on any atom is -0.393 e. The van der Waals surface area contributed by atoms with E-state index in [-0.39, 0.29) is 6.10 Å². The number of hydrogen-bond donors (Lipinski definition) is 1. The summed E-state index contributed by atoms with van der Waals surface area (Å²) in [6, 6.07) is 0. The molecule has 0 aromatic carbocycles. The number of aliphatic hydroxyl groups excluding tert-OH is 1. The SMILES string of the molecule is CCCCC(O)CCC(C)(CC)CC. The second kappa shape index (κ2) is 7.28. The predicted molar refractivity (Wildman–Crippen MR) is 63.5 cm³/mol. The smallest absolute Gasteiger partial charge is 0.0540 e. The van der Waals surface area contributed by atoms with Crippen LogP contribution in [0, 0.1) is 5.41 Å². The first kappa shape index (κ1) is 14.0. The van der Waals surface area contributed by atoms with E-state index in [0.717, 1.165) is 19.3 Å². The molecule has 0 aliphatic carbocycles. The average Bonchev–Trinajstić information content (AvgIpc) is 2.23. The summed E-state index contributed by atoms with van der Waals surface area (Å²) in [4.78, 5) is 0. The molecule has 0 rings (SSSR count). The Bertz CT molecular complexity index is 127. The zero-order valence-corrected chi connectivity index (χ0v) is 10.5. The van der Waals surface area contributed by atoms with E-state index in [0.29, 0.717) is 5.41 Å². The van der Waals surface area contributed by atoms with Gasteiger partial charge in [0.2, 0.25) is 0 Å². The molecule has 0 bridgehead atoms. The molecule has 1 atom stereocenters. The van der Waals surface area contributed by atoms with Crippen molar-refractivity contribution in [3.05, 3.63) is 0 Å². The molecule has 14 heavy (non-hydrogen) atoms. The van der Waals surface area contributed by atoms with Crippen LogP contribution in [0.25, 0.3) is 0 Å². The summed E-state index contributed by atoms with van der Waals surface area (Å²) in [7, 11) is 0. The lowest BCUT2D eigenvalue weighted by molar-refractivity contribution is 0.124. The maximum absolute atomic E-state index is 9.73. The van der Waals surface area contributed by atoms with E-state index in [1.54, 1.807) is 0 Å². The van der Waals surface area contributed by atoms with Gasteiger partial charge in [0.05, 0.1) is 6.10 Å². The third-order valence-electron chi connectivity index (χ3n) is 3.68. The maximum atomic E-state index is 9.73. The van der Waals surface area contributed by atoms with Crippen molar-refractivity contribution in [2.24, 2.45) is 5.41 Å². The van der Waals surface area contributed by atoms with E-state index in [2.05, 4.69) is 27.7 Å². The Balaban J connectivity index is 3.68. The molecule has 0 aromatic rings. The summed E-state index contributed by atoms with van der Waals surface area (Å²) in [6.07, 6.45) is 7.88. The lowest BCUT2D eigenvalue weighted by Gasteiger charge is -2.27. The normalized spacial score (nSPS) is 14.4. The average molecular weight is 200 g/mol. The second-order valence-electron chi connectivity index (χ2n) is 4.85. The Kier molecular flexibility index (Phi) is 7.26. The van der Waals surface area contributed by atoms with Crippen molar-refractivity contribution in [1.82, 2.24) is 0 Å². The van der Waals surface area contributed by atoms with Crippen LogP contribution in [0.15, 0.2) is 0 Å². The largest absolute Gasteiger partial charge is 0.393 e. The zero-order valence-electron chi connectivity index (χ0n) is 10.5. The van der Waals surface area contributed by atoms with E-state index in [4.69, 9.17) is 0 Å². The lowest BCUT2D eigenvalue weighted by Crippen LogP contribution is -2.17. The van der Waals surface area contributed by atoms with E-state index in [1.165, 1.54) is 25.7 Å². The van der Waals surface area contributed by atoms with Gasteiger partial charge in [-0.15, -0.1) is 0 Å². The highest BCUT2D eigenvalue weighted by atomic mass is 16.3. The fourth-order valence-electron chi connectivity index (χ4n) is 1.70. The Morgan fingerprint density at radius 2 is 1.64 bits per heavy atom. The van der Waals surface area contributed by atoms with Gasteiger partial charge in [0.25, 0.3) is 0 Å². The molecular formula is C13H28O. The van der Waals surface area contributed by atoms with Crippen LogP contribution in [0.4, 0.5) is 0 Å². The highest BCUT2D eigenvalue weighted by molar-refractivity contribution is 4.72. The number of aliphatic hydroxyl groups is 1. The quantitative estimate of drug-likeness (QED) is 0.624. The van der Waals surface area contributed by atoms with Gasteiger partial charge < -0.3 is 5.11 Å². The van der Waals surface area contributed by atoms with Gasteiger partial charge in [0, 0.05) is 0 Å². The summed E-state index contributed by atoms with van der Waals surface area (Å²) < 4.78 is 0. The highest BCUT2D eigenvalue weighted by Gasteiger charge is 2.20. The van der Waals surface area contributed by atoms with Gasteiger partial charge in [-0.25, -0.2) is 0 Å². The van der Waals surface area contributed by atoms with Crippen LogP contribution in [0.3, 0.4) is 0 Å². The Hall–Kier alpha value is -0.0400. The molecule has 1 heteroatoms. The third-order valence-corrected chi connectivity index (χ3v) is 3.68. The Morgan fingerprint density at radius 1 is 1.07 bits per heavy atom. The first-order valence-corrected chi connectivity index (χ1v) is 6.26. The van der Waals surface area contributed by atoms with Gasteiger partial charge in [-0.3, -0.25) is 0 Å². The molecule has 0 aromatic heterocycles. The topological polar surface area (TPSA) is 20.2 Å². The molecule has 0 aliphatic rings. The molecular weight excluding hydrogens is 172 g/mol. The predicted octanol–water partition coefficient (Wildman–Crippen LogP) is 4.14. The molecule has 0 saturated heterocycles. The van der Waals surface area contributed by atoms with Gasteiger partial charge in [-0.05, 0) is 24.7 Å². The van der Waals surface area contributed by atoms with Crippen LogP contribution in [0.1, 0.15) is 72.6 Å². The molecule has 0 fully saturated rings. The highest BCUT2D eigenvalue weighted by Crippen LogP contribution is 2.31. The van der Waals surface area contributed by atoms with Crippen molar-refractivity contribution in [2.45, 2.75) is 78.7 Å². The first-order chi connectivity index (χ1) is 6.58. The molecule has 0 amide bonds. The molecule has 1 nitrogen and oxygen atoms in total. The Morgan fingerprint density at radius 3 is 2.07 bits per heavy atom. The molecule has 1 N–H and O–H groups in total. The zero-order chi connectivity index (χ0) is 11.0. The van der Waals surface area contributed by atoms with Crippen LogP contribution in [0.2, 0.25) is 0 Å². The molecule has 1 unspecified atom stereocenters. The van der Waals surface area contributed by atoms with Crippen LogP contribution in [0.5, 0.6) is 0 Å². The van der Waals surface area contributed by atoms with E-state index < -0.39 is 0 Å². The first-order valence-electron chi connectivity index (χ1n) is 6.26. The van der Waals surface area contributed by atoms with Crippen LogP contribution < -0.4 is 0 Å². The maximum Gasteiger partial charge on any atom is 0.0540 e. The molecule has 0 aliphatic heterocycles. The second-order valence-corrected chi connectivity index (χ2v) is 4.85. The van der Waals surface area contributed by atoms with Crippen molar-refractivity contribution in [3.8, 4) is 0 Å². The molecule has 86 valence electrons. The fourth-order valence-corrected chi connectivity index (χ4v) is 1.70. The summed E-state index contributed by atoms with van der Waals surface area (Å²) in [5.74, 6) is 0. The van der Waals surface area contributed by atoms with Crippen molar-refractivity contribution in [2.75, 3.05) is 0 Å². The summed E-state index contributed by atoms with van der Waals surface area (Å²) in [5.41, 5.74) is 0.452. The minimum atomic E-state index is -0.0626. The van der Waals surface area contributed by atoms with Gasteiger partial charge in [0.1, 0.15) is 0 Å². The van der Waals surface area contributed by atoms with Gasteiger partial charge in [0.15, 0.2) is 0 Å². The number of unbranched alkanes of at least 4 members (excludes halogenated alkanes) is 1. The van der Waals surface area contributed by atoms with E-state index >= 15 is 0 Å². The monoisotopic (exact) mass is 200 g/mol. The lowest BCUT2D eigenvalue weighted by atomic mass is 9.79. The summed E-state index contributed by atoms with van der Waals surface area (Å²) in [6.45, 7) is 9.01. The van der Waals surface area contributed by atoms with Crippen molar-refractivity contribution in [3.63, 3.8) is 0 Å². The van der Waals surface area contributed by atoms with Crippen LogP contribution in [-0.2, 0) is 0 Å². The number of hydrogen-bond acceptors (Lipinski definition) is 1. The van der Waals surface area contributed by atoms with Gasteiger partial charge in [-0.1, -0.05) is 53.4 Å². The molecule has 0 heterocycles. The fraction of sp³-hybridized carbons (Fsp3) is 1.00. The van der Waals surface area contributed by atoms with E-state index in [9.17, 15) is 5.11 Å². The molecule has 0 spiro atoms. The van der Waals surface area contributed by atoms with Crippen LogP contribution >= 0.6 is 0 Å². The Labute approximate surface area is 89.9 Å². The van der Waals surface area contributed by atoms with Crippen molar-refractivity contribution >= 4 is 0 Å². The third kappa shape index (κ3) is 5.64. The standard InChI is InChI=1S/C13H28O/c1-5-8-9-12(14)10-11-13(4,6-2)7-3/h12,14H,5-11H2,1-4H3. The van der Waals surface area contributed by atoms with Crippen molar-refractivity contribution in [1.29, 1.82) is 0 Å². The summed E-state index contributed by atoms with van der Waals surface area (Å²) >= 11 is 0. The summed E-state index contributed by atoms with van der Waals surface area (Å²) in [5, 5.41) is 9.73. The van der Waals surface area contributed by atoms with Crippen LogP contribution in [-0.4, -0.2) is 11.2 Å². The van der Waals surface area contributed by atoms with Crippen molar-refractivity contribution < 1.29 is 5.11 Å². The van der Waals surface area contributed by atoms with Gasteiger partial charge >= 0.3 is 0 Å². The molecule has 0 radical (unpaired) electrons. The minimum absolute atomic E-state index is 0.0626.